The third-order valence-electron chi connectivity index (χ3n) is 2.87. The van der Waals surface area contributed by atoms with Crippen LogP contribution >= 0.6 is 11.8 Å². The summed E-state index contributed by atoms with van der Waals surface area (Å²) in [7, 11) is 0. The van der Waals surface area contributed by atoms with Gasteiger partial charge < -0.3 is 10.6 Å². The Bertz CT molecular complexity index is 250. The van der Waals surface area contributed by atoms with E-state index in [1.54, 1.807) is 0 Å². The number of amides is 1. The first kappa shape index (κ1) is 14.8. The molecule has 1 aliphatic rings. The summed E-state index contributed by atoms with van der Waals surface area (Å²) in [5.41, 5.74) is -0.133. The number of hydrogen-bond donors (Lipinski definition) is 2. The minimum atomic E-state index is -0.133. The van der Waals surface area contributed by atoms with E-state index in [1.807, 2.05) is 32.5 Å². The number of carbonyl (C=O) groups excluding carboxylic acids is 1. The van der Waals surface area contributed by atoms with Crippen molar-refractivity contribution in [2.24, 2.45) is 0 Å². The molecular formula is C13H26N2OS. The highest BCUT2D eigenvalue weighted by Gasteiger charge is 2.27. The molecule has 1 aliphatic carbocycles. The normalized spacial score (nSPS) is 24.9. The number of rotatable bonds is 5. The summed E-state index contributed by atoms with van der Waals surface area (Å²) in [5.74, 6) is 1.27. The van der Waals surface area contributed by atoms with Gasteiger partial charge in [-0.3, -0.25) is 4.79 Å². The van der Waals surface area contributed by atoms with Crippen molar-refractivity contribution in [3.8, 4) is 0 Å². The van der Waals surface area contributed by atoms with Crippen molar-refractivity contribution in [3.05, 3.63) is 0 Å². The molecule has 2 atom stereocenters. The predicted octanol–water partition coefficient (Wildman–Crippen LogP) is 2.16. The van der Waals surface area contributed by atoms with Crippen molar-refractivity contribution >= 4 is 17.7 Å². The van der Waals surface area contributed by atoms with Gasteiger partial charge in [0.25, 0.3) is 0 Å². The van der Waals surface area contributed by atoms with Gasteiger partial charge in [-0.2, -0.15) is 11.8 Å². The van der Waals surface area contributed by atoms with Gasteiger partial charge in [-0.05, 0) is 39.4 Å². The summed E-state index contributed by atoms with van der Waals surface area (Å²) in [5, 5.41) is 7.08. The first-order valence-corrected chi connectivity index (χ1v) is 7.63. The van der Waals surface area contributed by atoms with Gasteiger partial charge >= 0.3 is 0 Å². The van der Waals surface area contributed by atoms with Gasteiger partial charge in [-0.25, -0.2) is 0 Å². The molecule has 1 saturated carbocycles. The van der Waals surface area contributed by atoms with E-state index in [0.29, 0.717) is 17.8 Å². The highest BCUT2D eigenvalue weighted by atomic mass is 32.2. The third kappa shape index (κ3) is 5.77. The fourth-order valence-corrected chi connectivity index (χ4v) is 3.49. The zero-order chi connectivity index (χ0) is 12.9. The van der Waals surface area contributed by atoms with Crippen LogP contribution in [0.15, 0.2) is 0 Å². The van der Waals surface area contributed by atoms with E-state index in [0.717, 1.165) is 5.75 Å². The summed E-state index contributed by atoms with van der Waals surface area (Å²) in [6.45, 7) is 8.68. The van der Waals surface area contributed by atoms with Gasteiger partial charge in [0.2, 0.25) is 5.91 Å². The second-order valence-electron chi connectivity index (χ2n) is 5.71. The minimum absolute atomic E-state index is 0.102. The van der Waals surface area contributed by atoms with E-state index in [2.05, 4.69) is 17.6 Å². The van der Waals surface area contributed by atoms with Gasteiger partial charge in [0.1, 0.15) is 0 Å². The Labute approximate surface area is 109 Å². The number of carbonyl (C=O) groups is 1. The van der Waals surface area contributed by atoms with E-state index >= 15 is 0 Å². The molecule has 0 aromatic heterocycles. The fourth-order valence-electron chi connectivity index (χ4n) is 2.26. The lowest BCUT2D eigenvalue weighted by atomic mass is 10.1. The Morgan fingerprint density at radius 3 is 2.65 bits per heavy atom. The maximum Gasteiger partial charge on any atom is 0.234 e. The van der Waals surface area contributed by atoms with Crippen LogP contribution in [0.3, 0.4) is 0 Å². The number of nitrogens with one attached hydrogen (secondary N) is 2. The first-order chi connectivity index (χ1) is 7.92. The SMILES string of the molecule is CCSC1CCCC1NCC(=O)NC(C)(C)C. The van der Waals surface area contributed by atoms with Crippen molar-refractivity contribution in [2.45, 2.75) is 63.8 Å². The van der Waals surface area contributed by atoms with Gasteiger partial charge in [0, 0.05) is 16.8 Å². The van der Waals surface area contributed by atoms with E-state index in [4.69, 9.17) is 0 Å². The molecule has 0 aliphatic heterocycles. The molecule has 0 aromatic carbocycles. The van der Waals surface area contributed by atoms with E-state index in [1.165, 1.54) is 19.3 Å². The largest absolute Gasteiger partial charge is 0.350 e. The molecule has 1 amide bonds. The summed E-state index contributed by atoms with van der Waals surface area (Å²) >= 11 is 2.02. The molecule has 0 saturated heterocycles. The Morgan fingerprint density at radius 1 is 1.35 bits per heavy atom. The van der Waals surface area contributed by atoms with Gasteiger partial charge in [-0.15, -0.1) is 0 Å². The van der Waals surface area contributed by atoms with Crippen LogP contribution in [-0.4, -0.2) is 35.0 Å². The molecule has 2 unspecified atom stereocenters. The van der Waals surface area contributed by atoms with Crippen LogP contribution < -0.4 is 10.6 Å². The van der Waals surface area contributed by atoms with Crippen LogP contribution in [0, 0.1) is 0 Å². The van der Waals surface area contributed by atoms with Crippen LogP contribution in [0.5, 0.6) is 0 Å². The Balaban J connectivity index is 2.27. The number of thioether (sulfide) groups is 1. The molecule has 3 nitrogen and oxygen atoms in total. The van der Waals surface area contributed by atoms with Gasteiger partial charge in [-0.1, -0.05) is 13.3 Å². The Morgan fingerprint density at radius 2 is 2.06 bits per heavy atom. The molecule has 1 fully saturated rings. The zero-order valence-corrected chi connectivity index (χ0v) is 12.3. The number of hydrogen-bond acceptors (Lipinski definition) is 3. The standard InChI is InChI=1S/C13H26N2OS/c1-5-17-11-8-6-7-10(11)14-9-12(16)15-13(2,3)4/h10-11,14H,5-9H2,1-4H3,(H,15,16). The first-order valence-electron chi connectivity index (χ1n) is 6.58. The lowest BCUT2D eigenvalue weighted by Crippen LogP contribution is -2.47. The molecule has 0 bridgehead atoms. The van der Waals surface area contributed by atoms with Crippen LogP contribution in [0.2, 0.25) is 0 Å². The summed E-state index contributed by atoms with van der Waals surface area (Å²) in [6.07, 6.45) is 3.79. The highest BCUT2D eigenvalue weighted by molar-refractivity contribution is 7.99. The monoisotopic (exact) mass is 258 g/mol. The molecule has 0 aromatic rings. The molecule has 1 rings (SSSR count). The summed E-state index contributed by atoms with van der Waals surface area (Å²) in [6, 6.07) is 0.519. The fraction of sp³-hybridized carbons (Fsp3) is 0.923. The topological polar surface area (TPSA) is 41.1 Å². The molecule has 100 valence electrons. The van der Waals surface area contributed by atoms with Crippen molar-refractivity contribution < 1.29 is 4.79 Å². The predicted molar refractivity (Wildman–Crippen MR) is 75.5 cm³/mol. The van der Waals surface area contributed by atoms with E-state index < -0.39 is 0 Å². The Kier molecular flexibility index (Phi) is 5.80. The smallest absolute Gasteiger partial charge is 0.234 e. The summed E-state index contributed by atoms with van der Waals surface area (Å²) < 4.78 is 0. The lowest BCUT2D eigenvalue weighted by Gasteiger charge is -2.23. The average molecular weight is 258 g/mol. The average Bonchev–Trinajstić information content (AvgIpc) is 2.60. The van der Waals surface area contributed by atoms with Gasteiger partial charge in [0.15, 0.2) is 0 Å². The molecule has 4 heteroatoms. The summed E-state index contributed by atoms with van der Waals surface area (Å²) in [4.78, 5) is 11.7. The molecule has 0 heterocycles. The molecular weight excluding hydrogens is 232 g/mol. The zero-order valence-electron chi connectivity index (χ0n) is 11.5. The van der Waals surface area contributed by atoms with Crippen molar-refractivity contribution in [2.75, 3.05) is 12.3 Å². The Hall–Kier alpha value is -0.220. The minimum Gasteiger partial charge on any atom is -0.350 e. The second kappa shape index (κ2) is 6.64. The third-order valence-corrected chi connectivity index (χ3v) is 4.20. The van der Waals surface area contributed by atoms with Crippen LogP contribution in [-0.2, 0) is 4.79 Å². The molecule has 0 spiro atoms. The van der Waals surface area contributed by atoms with Gasteiger partial charge in [0.05, 0.1) is 6.54 Å². The maximum absolute atomic E-state index is 11.7. The maximum atomic E-state index is 11.7. The van der Waals surface area contributed by atoms with E-state index in [-0.39, 0.29) is 11.4 Å². The van der Waals surface area contributed by atoms with Crippen molar-refractivity contribution in [1.82, 2.24) is 10.6 Å². The van der Waals surface area contributed by atoms with Crippen LogP contribution in [0.4, 0.5) is 0 Å². The highest BCUT2D eigenvalue weighted by Crippen LogP contribution is 2.29. The second-order valence-corrected chi connectivity index (χ2v) is 7.23. The lowest BCUT2D eigenvalue weighted by molar-refractivity contribution is -0.121. The van der Waals surface area contributed by atoms with Crippen molar-refractivity contribution in [1.29, 1.82) is 0 Å². The molecule has 2 N–H and O–H groups in total. The van der Waals surface area contributed by atoms with Crippen LogP contribution in [0.1, 0.15) is 47.0 Å². The van der Waals surface area contributed by atoms with Crippen molar-refractivity contribution in [3.63, 3.8) is 0 Å². The molecule has 0 radical (unpaired) electrons. The van der Waals surface area contributed by atoms with Crippen LogP contribution in [0.25, 0.3) is 0 Å². The molecule has 17 heavy (non-hydrogen) atoms. The van der Waals surface area contributed by atoms with E-state index in [9.17, 15) is 4.79 Å². The quantitative estimate of drug-likeness (QED) is 0.794.